The van der Waals surface area contributed by atoms with E-state index in [9.17, 15) is 40.7 Å². The van der Waals surface area contributed by atoms with Crippen molar-refractivity contribution in [1.29, 1.82) is 0 Å². The molecule has 0 saturated carbocycles. The van der Waals surface area contributed by atoms with Gasteiger partial charge >= 0.3 is 30.2 Å². The Hall–Kier alpha value is -3.37. The number of imide groups is 3. The minimum Gasteiger partial charge on any atom is -0.326 e. The first kappa shape index (κ1) is 21.9. The number of rotatable bonds is 3. The van der Waals surface area contributed by atoms with Gasteiger partial charge in [-0.3, -0.25) is 9.59 Å². The summed E-state index contributed by atoms with van der Waals surface area (Å²) in [5.74, 6) is -6.51. The molecule has 0 bridgehead atoms. The second-order valence-corrected chi connectivity index (χ2v) is 5.65. The van der Waals surface area contributed by atoms with Crippen LogP contribution < -0.4 is 5.32 Å². The number of halogens is 6. The van der Waals surface area contributed by atoms with Crippen LogP contribution in [0, 0.1) is 0 Å². The number of benzene rings is 2. The second-order valence-electron chi connectivity index (χ2n) is 5.65. The number of carbonyl (C=O) groups is 3. The highest BCUT2D eigenvalue weighted by atomic mass is 19.4. The third-order valence-electron chi connectivity index (χ3n) is 3.63. The van der Waals surface area contributed by atoms with Crippen molar-refractivity contribution >= 4 is 17.8 Å². The lowest BCUT2D eigenvalue weighted by Crippen LogP contribution is -2.56. The Kier molecular flexibility index (Phi) is 6.30. The molecule has 4 amide bonds. The lowest BCUT2D eigenvalue weighted by atomic mass is 9.99. The summed E-state index contributed by atoms with van der Waals surface area (Å²) >= 11 is 0. The predicted molar refractivity (Wildman–Crippen MR) is 87.2 cm³/mol. The van der Waals surface area contributed by atoms with Crippen LogP contribution in [0.1, 0.15) is 17.2 Å². The van der Waals surface area contributed by atoms with E-state index in [0.29, 0.717) is 11.1 Å². The van der Waals surface area contributed by atoms with Crippen LogP contribution in [0.25, 0.3) is 0 Å². The van der Waals surface area contributed by atoms with E-state index in [4.69, 9.17) is 0 Å². The van der Waals surface area contributed by atoms with E-state index in [-0.39, 0.29) is 0 Å². The molecular weight excluding hydrogens is 406 g/mol. The van der Waals surface area contributed by atoms with Crippen molar-refractivity contribution in [2.45, 2.75) is 18.4 Å². The van der Waals surface area contributed by atoms with Gasteiger partial charge in [0.05, 0.1) is 6.04 Å². The van der Waals surface area contributed by atoms with Crippen LogP contribution in [-0.4, -0.2) is 35.1 Å². The van der Waals surface area contributed by atoms with Crippen LogP contribution >= 0.6 is 0 Å². The summed E-state index contributed by atoms with van der Waals surface area (Å²) < 4.78 is 76.2. The summed E-state index contributed by atoms with van der Waals surface area (Å²) in [7, 11) is 0. The molecule has 0 atom stereocenters. The Labute approximate surface area is 159 Å². The number of nitrogens with zero attached hydrogens (tertiary/aromatic N) is 1. The lowest BCUT2D eigenvalue weighted by Gasteiger charge is -2.25. The summed E-state index contributed by atoms with van der Waals surface area (Å²) in [6.07, 6.45) is -11.8. The van der Waals surface area contributed by atoms with Crippen LogP contribution in [0.15, 0.2) is 60.7 Å². The van der Waals surface area contributed by atoms with Gasteiger partial charge in [0.2, 0.25) is 0 Å². The van der Waals surface area contributed by atoms with Gasteiger partial charge < -0.3 is 5.32 Å². The quantitative estimate of drug-likeness (QED) is 0.768. The van der Waals surface area contributed by atoms with Crippen LogP contribution in [0.2, 0.25) is 0 Å². The van der Waals surface area contributed by atoms with Crippen molar-refractivity contribution in [1.82, 2.24) is 10.2 Å². The molecule has 0 saturated heterocycles. The van der Waals surface area contributed by atoms with Gasteiger partial charge in [-0.15, -0.1) is 0 Å². The molecule has 0 aliphatic rings. The Morgan fingerprint density at radius 3 is 1.34 bits per heavy atom. The normalized spacial score (nSPS) is 11.8. The van der Waals surface area contributed by atoms with E-state index < -0.39 is 41.1 Å². The fourth-order valence-electron chi connectivity index (χ4n) is 2.37. The summed E-state index contributed by atoms with van der Waals surface area (Å²) in [4.78, 5) is 33.5. The Morgan fingerprint density at radius 1 is 0.690 bits per heavy atom. The van der Waals surface area contributed by atoms with Crippen LogP contribution in [0.4, 0.5) is 31.1 Å². The number of hydrogen-bond donors (Lipinski definition) is 1. The molecule has 0 aromatic heterocycles. The van der Waals surface area contributed by atoms with Gasteiger partial charge in [-0.1, -0.05) is 60.7 Å². The molecule has 0 radical (unpaired) electrons. The maximum Gasteiger partial charge on any atom is 0.472 e. The van der Waals surface area contributed by atoms with E-state index in [1.54, 1.807) is 12.1 Å². The molecule has 2 rings (SSSR count). The Balaban J connectivity index is 2.45. The molecular formula is C18H12F6N2O3. The van der Waals surface area contributed by atoms with Crippen LogP contribution in [0.5, 0.6) is 0 Å². The molecule has 0 unspecified atom stereocenters. The zero-order valence-electron chi connectivity index (χ0n) is 14.3. The molecule has 154 valence electrons. The average molecular weight is 418 g/mol. The molecule has 0 aliphatic heterocycles. The van der Waals surface area contributed by atoms with Crippen molar-refractivity contribution in [2.75, 3.05) is 0 Å². The van der Waals surface area contributed by atoms with Crippen molar-refractivity contribution in [2.24, 2.45) is 0 Å². The number of amides is 4. The number of carbonyl (C=O) groups excluding carboxylic acids is 3. The Morgan fingerprint density at radius 2 is 1.03 bits per heavy atom. The maximum absolute atomic E-state index is 12.7. The highest BCUT2D eigenvalue weighted by Gasteiger charge is 2.55. The minimum absolute atomic E-state index is 0.297. The van der Waals surface area contributed by atoms with Gasteiger partial charge in [-0.25, -0.2) is 4.79 Å². The van der Waals surface area contributed by atoms with Gasteiger partial charge in [0, 0.05) is 0 Å². The third-order valence-corrected chi connectivity index (χ3v) is 3.63. The monoisotopic (exact) mass is 418 g/mol. The van der Waals surface area contributed by atoms with Gasteiger partial charge in [-0.05, 0) is 11.1 Å². The van der Waals surface area contributed by atoms with Gasteiger partial charge in [0.1, 0.15) is 0 Å². The molecule has 29 heavy (non-hydrogen) atoms. The van der Waals surface area contributed by atoms with E-state index in [1.807, 2.05) is 5.32 Å². The second kappa shape index (κ2) is 8.33. The topological polar surface area (TPSA) is 66.5 Å². The van der Waals surface area contributed by atoms with E-state index in [1.165, 1.54) is 48.5 Å². The molecule has 0 spiro atoms. The van der Waals surface area contributed by atoms with Crippen molar-refractivity contribution < 1.29 is 40.7 Å². The van der Waals surface area contributed by atoms with Crippen LogP contribution in [0.3, 0.4) is 0 Å². The number of hydrogen-bond acceptors (Lipinski definition) is 3. The summed E-state index contributed by atoms with van der Waals surface area (Å²) in [6.45, 7) is 0. The number of urea groups is 1. The van der Waals surface area contributed by atoms with Crippen molar-refractivity contribution in [3.63, 3.8) is 0 Å². The maximum atomic E-state index is 12.7. The summed E-state index contributed by atoms with van der Waals surface area (Å²) in [5.41, 5.74) is 0.594. The zero-order valence-corrected chi connectivity index (χ0v) is 14.3. The fourth-order valence-corrected chi connectivity index (χ4v) is 2.37. The zero-order chi connectivity index (χ0) is 21.8. The van der Waals surface area contributed by atoms with Crippen molar-refractivity contribution in [3.8, 4) is 0 Å². The standard InChI is InChI=1S/C18H12F6N2O3/c19-17(20,21)14(27)26(15(28)18(22,23)24)16(29)25-13(11-7-3-1-4-8-11)12-9-5-2-6-10-12/h1-10,13H,(H,25,29). The third kappa shape index (κ3) is 5.33. The first-order valence-corrected chi connectivity index (χ1v) is 7.85. The minimum atomic E-state index is -5.88. The van der Waals surface area contributed by atoms with E-state index in [2.05, 4.69) is 0 Å². The highest BCUT2D eigenvalue weighted by Crippen LogP contribution is 2.26. The predicted octanol–water partition coefficient (Wildman–Crippen LogP) is 3.97. The van der Waals surface area contributed by atoms with Gasteiger partial charge in [-0.2, -0.15) is 31.2 Å². The smallest absolute Gasteiger partial charge is 0.326 e. The molecule has 5 nitrogen and oxygen atoms in total. The summed E-state index contributed by atoms with van der Waals surface area (Å²) in [6, 6.07) is 11.7. The van der Waals surface area contributed by atoms with Crippen molar-refractivity contribution in [3.05, 3.63) is 71.8 Å². The number of alkyl halides is 6. The number of nitrogens with one attached hydrogen (secondary N) is 1. The lowest BCUT2D eigenvalue weighted by molar-refractivity contribution is -0.199. The molecule has 0 fully saturated rings. The molecule has 2 aromatic rings. The molecule has 2 aromatic carbocycles. The Bertz CT molecular complexity index is 816. The van der Waals surface area contributed by atoms with E-state index >= 15 is 0 Å². The fraction of sp³-hybridized carbons (Fsp3) is 0.167. The van der Waals surface area contributed by atoms with Gasteiger partial charge in [0.15, 0.2) is 0 Å². The SMILES string of the molecule is O=C(NC(c1ccccc1)c1ccccc1)N(C(=O)C(F)(F)F)C(=O)C(F)(F)F. The molecule has 0 heterocycles. The highest BCUT2D eigenvalue weighted by molar-refractivity contribution is 6.13. The largest absolute Gasteiger partial charge is 0.472 e. The molecule has 1 N–H and O–H groups in total. The van der Waals surface area contributed by atoms with E-state index in [0.717, 1.165) is 0 Å². The first-order chi connectivity index (χ1) is 13.4. The average Bonchev–Trinajstić information content (AvgIpc) is 2.66. The first-order valence-electron chi connectivity index (χ1n) is 7.85. The van der Waals surface area contributed by atoms with Gasteiger partial charge in [0.25, 0.3) is 0 Å². The summed E-state index contributed by atoms with van der Waals surface area (Å²) in [5, 5.41) is 1.90. The molecule has 0 aliphatic carbocycles. The molecule has 11 heteroatoms. The van der Waals surface area contributed by atoms with Crippen LogP contribution in [-0.2, 0) is 9.59 Å².